The molecule has 0 unspecified atom stereocenters. The number of nitrogens with zero attached hydrogens (tertiary/aromatic N) is 2. The molecule has 0 spiro atoms. The minimum Gasteiger partial charge on any atom is -0.456 e. The quantitative estimate of drug-likeness (QED) is 0.183. The second-order valence-corrected chi connectivity index (χ2v) is 8.50. The highest BCUT2D eigenvalue weighted by Gasteiger charge is 2.20. The molecule has 0 N–H and O–H groups in total. The van der Waals surface area contributed by atoms with Crippen molar-refractivity contribution in [1.82, 2.24) is 4.58 Å². The van der Waals surface area contributed by atoms with Gasteiger partial charge in [-0.15, -0.1) is 0 Å². The van der Waals surface area contributed by atoms with Gasteiger partial charge in [-0.2, -0.15) is 0 Å². The molecule has 33 heavy (non-hydrogen) atoms. The van der Waals surface area contributed by atoms with Crippen LogP contribution in [0.2, 0.25) is 0 Å². The van der Waals surface area contributed by atoms with Crippen LogP contribution in [0, 0.1) is 21.3 Å². The van der Waals surface area contributed by atoms with E-state index in [0.29, 0.717) is 0 Å². The topological polar surface area (TPSA) is 19.4 Å². The van der Waals surface area contributed by atoms with E-state index in [1.807, 2.05) is 0 Å². The van der Waals surface area contributed by atoms with Crippen molar-refractivity contribution in [2.24, 2.45) is 0 Å². The van der Waals surface area contributed by atoms with Crippen molar-refractivity contribution in [2.75, 3.05) is 31.1 Å². The van der Waals surface area contributed by atoms with Crippen LogP contribution in [0.5, 0.6) is 0 Å². The maximum atomic E-state index is 6.58. The van der Waals surface area contributed by atoms with E-state index in [2.05, 4.69) is 106 Å². The minimum atomic E-state index is 0. The summed E-state index contributed by atoms with van der Waals surface area (Å²) in [6.07, 6.45) is 0. The molecule has 2 aromatic carbocycles. The van der Waals surface area contributed by atoms with Crippen LogP contribution < -0.4 is 14.8 Å². The first-order valence-electron chi connectivity index (χ1n) is 11.9. The fraction of sp³-hybridized carbons (Fsp3) is 0.333. The van der Waals surface area contributed by atoms with Crippen molar-refractivity contribution in [2.45, 2.75) is 41.5 Å². The summed E-state index contributed by atoms with van der Waals surface area (Å²) in [5.41, 5.74) is 8.41. The number of rotatable bonds is 6. The first kappa shape index (κ1) is 24.6. The Labute approximate surface area is 199 Å². The maximum absolute atomic E-state index is 6.58. The molecule has 0 radical (unpaired) electrons. The predicted octanol–water partition coefficient (Wildman–Crippen LogP) is 6.93. The van der Waals surface area contributed by atoms with Crippen LogP contribution in [0.1, 0.15) is 38.8 Å². The number of fused-ring (bicyclic) bond motifs is 2. The summed E-state index contributed by atoms with van der Waals surface area (Å²) in [7, 11) is 0. The Morgan fingerprint density at radius 2 is 1.48 bits per heavy atom. The van der Waals surface area contributed by atoms with Gasteiger partial charge in [0.15, 0.2) is 0 Å². The third kappa shape index (κ3) is 4.55. The molecule has 0 atom stereocenters. The molecule has 2 aromatic rings. The molecule has 3 heteroatoms. The van der Waals surface area contributed by atoms with E-state index in [1.165, 1.54) is 33.3 Å². The van der Waals surface area contributed by atoms with Crippen molar-refractivity contribution in [1.29, 1.82) is 0 Å². The fourth-order valence-electron chi connectivity index (χ4n) is 4.82. The van der Waals surface area contributed by atoms with Gasteiger partial charge in [-0.25, -0.2) is 4.58 Å². The number of aryl methyl sites for hydroxylation is 2. The molecular weight excluding hydrogens is 404 g/mol. The van der Waals surface area contributed by atoms with Crippen molar-refractivity contribution in [3.05, 3.63) is 78.5 Å². The van der Waals surface area contributed by atoms with E-state index in [9.17, 15) is 0 Å². The molecular formula is C30H38N2O. The van der Waals surface area contributed by atoms with Gasteiger partial charge in [-0.05, 0) is 70.9 Å². The van der Waals surface area contributed by atoms with Crippen LogP contribution in [0.4, 0.5) is 5.69 Å². The fourth-order valence-corrected chi connectivity index (χ4v) is 4.82. The van der Waals surface area contributed by atoms with Gasteiger partial charge >= 0.3 is 0 Å². The number of hydrogen-bond donors (Lipinski definition) is 0. The van der Waals surface area contributed by atoms with Crippen LogP contribution in [-0.4, -0.2) is 26.2 Å². The summed E-state index contributed by atoms with van der Waals surface area (Å²) in [6.45, 7) is 17.1. The Morgan fingerprint density at radius 1 is 0.788 bits per heavy atom. The number of benzene rings is 3. The van der Waals surface area contributed by atoms with Gasteiger partial charge in [0.05, 0.1) is 6.07 Å². The Hall–Kier alpha value is -3.07. The number of anilines is 1. The average molecular weight is 443 g/mol. The SMILES string of the molecule is CCN(CC)c1ccc2c(-c3ccc(C)cc3C)c3ccc(=[N+](CC)CC)cc-3oc2c1.[CH3-]. The van der Waals surface area contributed by atoms with E-state index >= 15 is 0 Å². The summed E-state index contributed by atoms with van der Waals surface area (Å²) < 4.78 is 8.94. The highest BCUT2D eigenvalue weighted by molar-refractivity contribution is 6.03. The summed E-state index contributed by atoms with van der Waals surface area (Å²) in [5, 5.41) is 2.37. The van der Waals surface area contributed by atoms with Crippen LogP contribution in [0.3, 0.4) is 0 Å². The molecule has 1 heterocycles. The smallest absolute Gasteiger partial charge is 0.203 e. The van der Waals surface area contributed by atoms with Crippen LogP contribution in [0.15, 0.2) is 59.0 Å². The van der Waals surface area contributed by atoms with Crippen molar-refractivity contribution in [3.8, 4) is 22.5 Å². The molecule has 4 rings (SSSR count). The van der Waals surface area contributed by atoms with Gasteiger partial charge in [0.25, 0.3) is 0 Å². The van der Waals surface area contributed by atoms with E-state index in [-0.39, 0.29) is 7.43 Å². The predicted molar refractivity (Wildman–Crippen MR) is 144 cm³/mol. The van der Waals surface area contributed by atoms with Gasteiger partial charge in [-0.1, -0.05) is 23.8 Å². The normalized spacial score (nSPS) is 11.0. The van der Waals surface area contributed by atoms with Gasteiger partial charge in [-0.3, -0.25) is 0 Å². The Kier molecular flexibility index (Phi) is 7.63. The lowest BCUT2D eigenvalue weighted by Gasteiger charge is -2.22. The van der Waals surface area contributed by atoms with E-state index < -0.39 is 0 Å². The Morgan fingerprint density at radius 3 is 2.12 bits per heavy atom. The molecule has 3 nitrogen and oxygen atoms in total. The third-order valence-electron chi connectivity index (χ3n) is 6.60. The van der Waals surface area contributed by atoms with Gasteiger partial charge < -0.3 is 16.7 Å². The van der Waals surface area contributed by atoms with Gasteiger partial charge in [0, 0.05) is 47.4 Å². The first-order chi connectivity index (χ1) is 15.5. The van der Waals surface area contributed by atoms with E-state index in [0.717, 1.165) is 48.5 Å². The molecule has 1 aliphatic carbocycles. The summed E-state index contributed by atoms with van der Waals surface area (Å²) in [4.78, 5) is 2.36. The summed E-state index contributed by atoms with van der Waals surface area (Å²) in [6, 6.07) is 20.1. The molecule has 1 aliphatic heterocycles. The van der Waals surface area contributed by atoms with Gasteiger partial charge in [0.1, 0.15) is 24.4 Å². The largest absolute Gasteiger partial charge is 0.456 e. The molecule has 174 valence electrons. The van der Waals surface area contributed by atoms with Crippen LogP contribution >= 0.6 is 0 Å². The highest BCUT2D eigenvalue weighted by Crippen LogP contribution is 2.42. The second-order valence-electron chi connectivity index (χ2n) is 8.50. The zero-order valence-electron chi connectivity index (χ0n) is 21.3. The summed E-state index contributed by atoms with van der Waals surface area (Å²) in [5.74, 6) is 0.938. The molecule has 0 bridgehead atoms. The maximum Gasteiger partial charge on any atom is 0.203 e. The standard InChI is InChI=1S/C29H35N2O.CH3/c1-7-30(8-2)22-12-15-25-27(18-22)32-28-19-23(31(9-3)10-4)13-16-26(28)29(25)24-14-11-20(5)17-21(24)6;/h11-19H,7-10H2,1-6H3;1H3/q+1;-1. The van der Waals surface area contributed by atoms with Crippen molar-refractivity contribution >= 4 is 16.7 Å². The van der Waals surface area contributed by atoms with E-state index in [1.54, 1.807) is 0 Å². The second kappa shape index (κ2) is 10.2. The monoisotopic (exact) mass is 442 g/mol. The minimum absolute atomic E-state index is 0. The molecule has 0 fully saturated rings. The molecule has 0 saturated heterocycles. The van der Waals surface area contributed by atoms with E-state index in [4.69, 9.17) is 4.42 Å². The zero-order chi connectivity index (χ0) is 22.8. The molecule has 2 aliphatic rings. The van der Waals surface area contributed by atoms with Crippen molar-refractivity contribution < 1.29 is 4.42 Å². The van der Waals surface area contributed by atoms with Crippen LogP contribution in [0.25, 0.3) is 33.4 Å². The zero-order valence-corrected chi connectivity index (χ0v) is 21.3. The lowest BCUT2D eigenvalue weighted by atomic mass is 9.90. The van der Waals surface area contributed by atoms with Crippen LogP contribution in [-0.2, 0) is 0 Å². The molecule has 0 amide bonds. The average Bonchev–Trinajstić information content (AvgIpc) is 2.79. The summed E-state index contributed by atoms with van der Waals surface area (Å²) >= 11 is 0. The third-order valence-corrected chi connectivity index (χ3v) is 6.60. The lowest BCUT2D eigenvalue weighted by molar-refractivity contribution is 0.604. The van der Waals surface area contributed by atoms with Gasteiger partial charge in [0.2, 0.25) is 5.36 Å². The molecule has 0 saturated carbocycles. The Bertz CT molecular complexity index is 1290. The lowest BCUT2D eigenvalue weighted by Crippen LogP contribution is -2.29. The molecule has 0 aromatic heterocycles. The Balaban J connectivity index is 0.00000306. The first-order valence-corrected chi connectivity index (χ1v) is 11.9. The number of hydrogen-bond acceptors (Lipinski definition) is 2. The highest BCUT2D eigenvalue weighted by atomic mass is 16.3. The van der Waals surface area contributed by atoms with Crippen molar-refractivity contribution in [3.63, 3.8) is 0 Å².